The van der Waals surface area contributed by atoms with E-state index in [2.05, 4.69) is 4.90 Å². The molecule has 1 aromatic carbocycles. The van der Waals surface area contributed by atoms with Crippen molar-refractivity contribution in [2.45, 2.75) is 64.3 Å². The number of furan rings is 1. The number of alkyl halides is 3. The third-order valence-electron chi connectivity index (χ3n) is 6.97. The summed E-state index contributed by atoms with van der Waals surface area (Å²) in [6.45, 7) is 4.24. The number of carbonyl (C=O) groups excluding carboxylic acids is 2. The van der Waals surface area contributed by atoms with Crippen molar-refractivity contribution in [2.75, 3.05) is 26.2 Å². The molecule has 2 heterocycles. The highest BCUT2D eigenvalue weighted by Crippen LogP contribution is 2.31. The number of amides is 2. The van der Waals surface area contributed by atoms with Gasteiger partial charge in [0.05, 0.1) is 12.1 Å². The van der Waals surface area contributed by atoms with Gasteiger partial charge in [-0.1, -0.05) is 37.5 Å². The van der Waals surface area contributed by atoms with Gasteiger partial charge in [0.15, 0.2) is 5.76 Å². The molecule has 2 aromatic rings. The molecular weight excluding hydrogens is 459 g/mol. The third-order valence-corrected chi connectivity index (χ3v) is 6.97. The van der Waals surface area contributed by atoms with E-state index in [4.69, 9.17) is 4.42 Å². The molecule has 0 atom stereocenters. The van der Waals surface area contributed by atoms with E-state index in [-0.39, 0.29) is 23.6 Å². The molecule has 1 aromatic heterocycles. The molecular formula is C26H32F3N3O3. The monoisotopic (exact) mass is 491 g/mol. The van der Waals surface area contributed by atoms with E-state index in [1.165, 1.54) is 25.5 Å². The summed E-state index contributed by atoms with van der Waals surface area (Å²) in [7, 11) is 0. The van der Waals surface area contributed by atoms with Gasteiger partial charge in [-0.25, -0.2) is 0 Å². The molecule has 2 amide bonds. The maximum atomic E-state index is 13.2. The van der Waals surface area contributed by atoms with Crippen LogP contribution in [0.25, 0.3) is 0 Å². The molecule has 0 N–H and O–H groups in total. The highest BCUT2D eigenvalue weighted by Gasteiger charge is 2.31. The summed E-state index contributed by atoms with van der Waals surface area (Å²) in [5.74, 6) is 0.662. The van der Waals surface area contributed by atoms with Crippen molar-refractivity contribution < 1.29 is 27.2 Å². The van der Waals surface area contributed by atoms with Crippen LogP contribution in [0.1, 0.15) is 66.5 Å². The van der Waals surface area contributed by atoms with Crippen LogP contribution in [0.4, 0.5) is 13.2 Å². The number of hydrogen-bond donors (Lipinski definition) is 0. The molecule has 6 nitrogen and oxygen atoms in total. The SMILES string of the molecule is CC(=O)N1CCN(C(=O)c2ccc(CN(Cc3cccc(C(F)(F)F)c3)C3CCCCC3)o2)CC1. The average Bonchev–Trinajstić information content (AvgIpc) is 3.32. The molecule has 0 bridgehead atoms. The van der Waals surface area contributed by atoms with Gasteiger partial charge in [0.1, 0.15) is 5.76 Å². The summed E-state index contributed by atoms with van der Waals surface area (Å²) in [5, 5.41) is 0. The quantitative estimate of drug-likeness (QED) is 0.575. The largest absolute Gasteiger partial charge is 0.455 e. The zero-order chi connectivity index (χ0) is 25.0. The third kappa shape index (κ3) is 6.45. The number of rotatable bonds is 6. The molecule has 190 valence electrons. The lowest BCUT2D eigenvalue weighted by Crippen LogP contribution is -2.50. The maximum absolute atomic E-state index is 13.2. The Morgan fingerprint density at radius 1 is 0.971 bits per heavy atom. The predicted molar refractivity (Wildman–Crippen MR) is 124 cm³/mol. The van der Waals surface area contributed by atoms with Crippen molar-refractivity contribution in [1.82, 2.24) is 14.7 Å². The zero-order valence-electron chi connectivity index (χ0n) is 20.0. The molecule has 0 unspecified atom stereocenters. The van der Waals surface area contributed by atoms with Gasteiger partial charge in [-0.3, -0.25) is 14.5 Å². The maximum Gasteiger partial charge on any atom is 0.416 e. The van der Waals surface area contributed by atoms with E-state index in [0.717, 1.165) is 31.7 Å². The van der Waals surface area contributed by atoms with Gasteiger partial charge in [0.2, 0.25) is 5.91 Å². The van der Waals surface area contributed by atoms with E-state index in [1.807, 2.05) is 0 Å². The number of halogens is 3. The van der Waals surface area contributed by atoms with Gasteiger partial charge in [0, 0.05) is 45.7 Å². The fraction of sp³-hybridized carbons (Fsp3) is 0.538. The lowest BCUT2D eigenvalue weighted by atomic mass is 9.93. The van der Waals surface area contributed by atoms with Crippen LogP contribution in [0.5, 0.6) is 0 Å². The number of nitrogens with zero attached hydrogens (tertiary/aromatic N) is 3. The van der Waals surface area contributed by atoms with Gasteiger partial charge < -0.3 is 14.2 Å². The Bertz CT molecular complexity index is 1020. The van der Waals surface area contributed by atoms with Crippen molar-refractivity contribution >= 4 is 11.8 Å². The molecule has 0 radical (unpaired) electrons. The van der Waals surface area contributed by atoms with Crippen LogP contribution in [0.2, 0.25) is 0 Å². The smallest absolute Gasteiger partial charge is 0.416 e. The second kappa shape index (κ2) is 10.8. The van der Waals surface area contributed by atoms with Crippen LogP contribution in [0, 0.1) is 0 Å². The Morgan fingerprint density at radius 2 is 1.66 bits per heavy atom. The van der Waals surface area contributed by atoms with E-state index < -0.39 is 11.7 Å². The van der Waals surface area contributed by atoms with Crippen molar-refractivity contribution in [1.29, 1.82) is 0 Å². The minimum absolute atomic E-state index is 0.000887. The molecule has 1 aliphatic heterocycles. The molecule has 4 rings (SSSR count). The Kier molecular flexibility index (Phi) is 7.84. The van der Waals surface area contributed by atoms with Crippen LogP contribution in [-0.2, 0) is 24.1 Å². The van der Waals surface area contributed by atoms with Gasteiger partial charge >= 0.3 is 6.18 Å². The fourth-order valence-electron chi connectivity index (χ4n) is 5.00. The summed E-state index contributed by atoms with van der Waals surface area (Å²) < 4.78 is 45.6. The summed E-state index contributed by atoms with van der Waals surface area (Å²) in [5.41, 5.74) is -0.0362. The van der Waals surface area contributed by atoms with Crippen LogP contribution >= 0.6 is 0 Å². The number of carbonyl (C=O) groups is 2. The topological polar surface area (TPSA) is 57.0 Å². The highest BCUT2D eigenvalue weighted by molar-refractivity contribution is 5.91. The van der Waals surface area contributed by atoms with Crippen molar-refractivity contribution in [3.8, 4) is 0 Å². The predicted octanol–water partition coefficient (Wildman–Crippen LogP) is 4.94. The van der Waals surface area contributed by atoms with E-state index >= 15 is 0 Å². The number of hydrogen-bond acceptors (Lipinski definition) is 4. The van der Waals surface area contributed by atoms with E-state index in [9.17, 15) is 22.8 Å². The van der Waals surface area contributed by atoms with Crippen molar-refractivity contribution in [3.05, 3.63) is 59.0 Å². The minimum Gasteiger partial charge on any atom is -0.455 e. The molecule has 35 heavy (non-hydrogen) atoms. The van der Waals surface area contributed by atoms with Gasteiger partial charge in [-0.2, -0.15) is 13.2 Å². The standard InChI is InChI=1S/C26H32F3N3O3/c1-19(33)30-12-14-31(15-13-30)25(34)24-11-10-23(35-24)18-32(22-8-3-2-4-9-22)17-20-6-5-7-21(16-20)26(27,28)29/h5-7,10-11,16,22H,2-4,8-9,12-15,17-18H2,1H3. The van der Waals surface area contributed by atoms with Crippen molar-refractivity contribution in [3.63, 3.8) is 0 Å². The van der Waals surface area contributed by atoms with Gasteiger partial charge in [-0.05, 0) is 36.6 Å². The Labute approximate surface area is 203 Å². The first-order valence-electron chi connectivity index (χ1n) is 12.2. The highest BCUT2D eigenvalue weighted by atomic mass is 19.4. The summed E-state index contributed by atoms with van der Waals surface area (Å²) in [6, 6.07) is 9.18. The Balaban J connectivity index is 1.45. The summed E-state index contributed by atoms with van der Waals surface area (Å²) in [6.07, 6.45) is 0.968. The minimum atomic E-state index is -4.38. The second-order valence-electron chi connectivity index (χ2n) is 9.46. The molecule has 2 fully saturated rings. The normalized spacial score (nSPS) is 17.7. The fourth-order valence-corrected chi connectivity index (χ4v) is 5.00. The first kappa shape index (κ1) is 25.3. The number of piperazine rings is 1. The lowest BCUT2D eigenvalue weighted by Gasteiger charge is -2.34. The van der Waals surface area contributed by atoms with E-state index in [1.54, 1.807) is 28.0 Å². The molecule has 1 saturated heterocycles. The lowest BCUT2D eigenvalue weighted by molar-refractivity contribution is -0.137. The van der Waals surface area contributed by atoms with Crippen LogP contribution in [0.15, 0.2) is 40.8 Å². The molecule has 9 heteroatoms. The van der Waals surface area contributed by atoms with Crippen LogP contribution < -0.4 is 0 Å². The van der Waals surface area contributed by atoms with Crippen LogP contribution in [-0.4, -0.2) is 58.7 Å². The Hall–Kier alpha value is -2.81. The van der Waals surface area contributed by atoms with Gasteiger partial charge in [0.25, 0.3) is 5.91 Å². The molecule has 1 saturated carbocycles. The average molecular weight is 492 g/mol. The summed E-state index contributed by atoms with van der Waals surface area (Å²) >= 11 is 0. The van der Waals surface area contributed by atoms with Crippen LogP contribution in [0.3, 0.4) is 0 Å². The molecule has 0 spiro atoms. The first-order valence-corrected chi connectivity index (χ1v) is 12.2. The Morgan fingerprint density at radius 3 is 2.31 bits per heavy atom. The molecule has 1 aliphatic carbocycles. The summed E-state index contributed by atoms with van der Waals surface area (Å²) in [4.78, 5) is 30.0. The first-order chi connectivity index (χ1) is 16.7. The zero-order valence-corrected chi connectivity index (χ0v) is 20.0. The molecule has 2 aliphatic rings. The second-order valence-corrected chi connectivity index (χ2v) is 9.46. The van der Waals surface area contributed by atoms with E-state index in [0.29, 0.717) is 50.6 Å². The van der Waals surface area contributed by atoms with Crippen molar-refractivity contribution in [2.24, 2.45) is 0 Å². The van der Waals surface area contributed by atoms with Gasteiger partial charge in [-0.15, -0.1) is 0 Å². The number of benzene rings is 1.